The van der Waals surface area contributed by atoms with Gasteiger partial charge < -0.3 is 10.1 Å². The van der Waals surface area contributed by atoms with E-state index in [0.717, 1.165) is 16.2 Å². The fourth-order valence-corrected chi connectivity index (χ4v) is 2.33. The van der Waals surface area contributed by atoms with Crippen molar-refractivity contribution in [2.45, 2.75) is 0 Å². The third-order valence-electron chi connectivity index (χ3n) is 3.42. The largest absolute Gasteiger partial charge is 0.457 e. The average Bonchev–Trinajstić information content (AvgIpc) is 2.84. The first-order valence-electron chi connectivity index (χ1n) is 7.46. The van der Waals surface area contributed by atoms with Crippen molar-refractivity contribution in [1.29, 1.82) is 0 Å². The summed E-state index contributed by atoms with van der Waals surface area (Å²) in [5.41, 5.74) is 0.992. The van der Waals surface area contributed by atoms with Gasteiger partial charge in [-0.25, -0.2) is 4.79 Å². The van der Waals surface area contributed by atoms with E-state index in [4.69, 9.17) is 4.74 Å². The second-order valence-corrected chi connectivity index (χ2v) is 5.18. The number of nitrogens with one attached hydrogen (secondary N) is 1. The summed E-state index contributed by atoms with van der Waals surface area (Å²) in [6.07, 6.45) is 3.13. The van der Waals surface area contributed by atoms with Crippen molar-refractivity contribution < 1.29 is 14.3 Å². The lowest BCUT2D eigenvalue weighted by Gasteiger charge is -2.07. The minimum atomic E-state index is -0.442. The highest BCUT2D eigenvalue weighted by molar-refractivity contribution is 6.14. The van der Waals surface area contributed by atoms with Gasteiger partial charge in [-0.15, -0.1) is 6.58 Å². The molecule has 24 heavy (non-hydrogen) atoms. The SMILES string of the molecule is C=CCN1C(=O)N/C(=C/c2cccc(Oc3ccccc3)c2)C1=O. The predicted octanol–water partition coefficient (Wildman–Crippen LogP) is 3.56. The van der Waals surface area contributed by atoms with Crippen LogP contribution in [-0.4, -0.2) is 23.4 Å². The van der Waals surface area contributed by atoms with Crippen LogP contribution in [-0.2, 0) is 4.79 Å². The van der Waals surface area contributed by atoms with Crippen molar-refractivity contribution in [1.82, 2.24) is 10.2 Å². The number of carbonyl (C=O) groups is 2. The van der Waals surface area contributed by atoms with Crippen molar-refractivity contribution in [3.05, 3.63) is 78.5 Å². The van der Waals surface area contributed by atoms with Gasteiger partial charge in [-0.1, -0.05) is 36.4 Å². The quantitative estimate of drug-likeness (QED) is 0.520. The maximum Gasteiger partial charge on any atom is 0.329 e. The van der Waals surface area contributed by atoms with Gasteiger partial charge in [0.25, 0.3) is 5.91 Å². The third kappa shape index (κ3) is 3.35. The van der Waals surface area contributed by atoms with E-state index in [0.29, 0.717) is 5.75 Å². The molecule has 0 spiro atoms. The molecule has 0 radical (unpaired) electrons. The van der Waals surface area contributed by atoms with E-state index in [9.17, 15) is 9.59 Å². The van der Waals surface area contributed by atoms with Crippen molar-refractivity contribution in [3.63, 3.8) is 0 Å². The van der Waals surface area contributed by atoms with Gasteiger partial charge in [-0.2, -0.15) is 0 Å². The van der Waals surface area contributed by atoms with Crippen LogP contribution in [0.15, 0.2) is 72.9 Å². The van der Waals surface area contributed by atoms with Crippen LogP contribution in [0, 0.1) is 0 Å². The highest BCUT2D eigenvalue weighted by Crippen LogP contribution is 2.23. The molecule has 5 nitrogen and oxygen atoms in total. The lowest BCUT2D eigenvalue weighted by Crippen LogP contribution is -2.30. The number of amides is 3. The zero-order valence-corrected chi connectivity index (χ0v) is 12.9. The Morgan fingerprint density at radius 1 is 1.04 bits per heavy atom. The number of hydrogen-bond donors (Lipinski definition) is 1. The van der Waals surface area contributed by atoms with Crippen LogP contribution >= 0.6 is 0 Å². The first-order chi connectivity index (χ1) is 11.7. The Balaban J connectivity index is 1.81. The number of benzene rings is 2. The maximum absolute atomic E-state index is 12.2. The monoisotopic (exact) mass is 320 g/mol. The molecule has 1 saturated heterocycles. The highest BCUT2D eigenvalue weighted by Gasteiger charge is 2.32. The van der Waals surface area contributed by atoms with E-state index in [1.807, 2.05) is 48.5 Å². The summed E-state index contributed by atoms with van der Waals surface area (Å²) in [5.74, 6) is 1.01. The molecule has 2 aromatic rings. The molecule has 1 aliphatic heterocycles. The predicted molar refractivity (Wildman–Crippen MR) is 91.4 cm³/mol. The normalized spacial score (nSPS) is 15.5. The van der Waals surface area contributed by atoms with Gasteiger partial charge >= 0.3 is 6.03 Å². The molecular formula is C19H16N2O3. The molecule has 1 N–H and O–H groups in total. The number of ether oxygens (including phenoxy) is 1. The Morgan fingerprint density at radius 2 is 1.79 bits per heavy atom. The van der Waals surface area contributed by atoms with Gasteiger partial charge in [-0.05, 0) is 35.9 Å². The van der Waals surface area contributed by atoms with Crippen LogP contribution in [0.3, 0.4) is 0 Å². The van der Waals surface area contributed by atoms with Gasteiger partial charge in [0, 0.05) is 6.54 Å². The van der Waals surface area contributed by atoms with Crippen molar-refractivity contribution in [3.8, 4) is 11.5 Å². The Morgan fingerprint density at radius 3 is 2.54 bits per heavy atom. The van der Waals surface area contributed by atoms with Gasteiger partial charge in [0.2, 0.25) is 0 Å². The molecule has 0 aliphatic carbocycles. The first-order valence-corrected chi connectivity index (χ1v) is 7.46. The third-order valence-corrected chi connectivity index (χ3v) is 3.42. The molecule has 1 aliphatic rings. The van der Waals surface area contributed by atoms with Crippen LogP contribution in [0.1, 0.15) is 5.56 Å². The first kappa shape index (κ1) is 15.6. The summed E-state index contributed by atoms with van der Waals surface area (Å²) < 4.78 is 5.77. The van der Waals surface area contributed by atoms with Crippen molar-refractivity contribution in [2.24, 2.45) is 0 Å². The maximum atomic E-state index is 12.2. The Labute approximate surface area is 139 Å². The zero-order chi connectivity index (χ0) is 16.9. The molecule has 0 unspecified atom stereocenters. The number of urea groups is 1. The minimum Gasteiger partial charge on any atom is -0.457 e. The molecule has 0 bridgehead atoms. The number of para-hydroxylation sites is 1. The molecule has 0 atom stereocenters. The molecule has 5 heteroatoms. The van der Waals surface area contributed by atoms with Crippen LogP contribution in [0.25, 0.3) is 6.08 Å². The van der Waals surface area contributed by atoms with Gasteiger partial charge in [0.15, 0.2) is 0 Å². The van der Waals surface area contributed by atoms with E-state index >= 15 is 0 Å². The Bertz CT molecular complexity index is 812. The number of imide groups is 1. The van der Waals surface area contributed by atoms with Crippen LogP contribution < -0.4 is 10.1 Å². The topological polar surface area (TPSA) is 58.6 Å². The average molecular weight is 320 g/mol. The van der Waals surface area contributed by atoms with Crippen LogP contribution in [0.5, 0.6) is 11.5 Å². The van der Waals surface area contributed by atoms with Gasteiger partial charge in [0.1, 0.15) is 17.2 Å². The molecule has 1 fully saturated rings. The zero-order valence-electron chi connectivity index (χ0n) is 12.9. The summed E-state index contributed by atoms with van der Waals surface area (Å²) >= 11 is 0. The molecule has 0 aromatic heterocycles. The molecule has 0 saturated carbocycles. The molecule has 3 rings (SSSR count). The van der Waals surface area contributed by atoms with E-state index in [1.54, 1.807) is 12.1 Å². The van der Waals surface area contributed by atoms with E-state index < -0.39 is 6.03 Å². The Kier molecular flexibility index (Phi) is 4.43. The molecule has 3 amide bonds. The molecular weight excluding hydrogens is 304 g/mol. The van der Waals surface area contributed by atoms with E-state index in [2.05, 4.69) is 11.9 Å². The van der Waals surface area contributed by atoms with Gasteiger partial charge in [0.05, 0.1) is 0 Å². The molecule has 120 valence electrons. The summed E-state index contributed by atoms with van der Waals surface area (Å²) in [5, 5.41) is 2.57. The van der Waals surface area contributed by atoms with Crippen molar-refractivity contribution in [2.75, 3.05) is 6.54 Å². The highest BCUT2D eigenvalue weighted by atomic mass is 16.5. The summed E-state index contributed by atoms with van der Waals surface area (Å²) in [6, 6.07) is 16.3. The Hall–Kier alpha value is -3.34. The van der Waals surface area contributed by atoms with E-state index in [-0.39, 0.29) is 18.1 Å². The number of hydrogen-bond acceptors (Lipinski definition) is 3. The number of nitrogens with zero attached hydrogens (tertiary/aromatic N) is 1. The fraction of sp³-hybridized carbons (Fsp3) is 0.0526. The second-order valence-electron chi connectivity index (χ2n) is 5.18. The number of carbonyl (C=O) groups excluding carboxylic acids is 2. The summed E-state index contributed by atoms with van der Waals surface area (Å²) in [7, 11) is 0. The van der Waals surface area contributed by atoms with Crippen LogP contribution in [0.4, 0.5) is 4.79 Å². The molecule has 2 aromatic carbocycles. The lowest BCUT2D eigenvalue weighted by molar-refractivity contribution is -0.122. The molecule has 1 heterocycles. The summed E-state index contributed by atoms with van der Waals surface area (Å²) in [6.45, 7) is 3.72. The van der Waals surface area contributed by atoms with E-state index in [1.165, 1.54) is 6.08 Å². The number of rotatable bonds is 5. The minimum absolute atomic E-state index is 0.180. The van der Waals surface area contributed by atoms with Crippen LogP contribution in [0.2, 0.25) is 0 Å². The standard InChI is InChI=1S/C19H16N2O3/c1-2-11-21-18(22)17(20-19(21)23)13-14-7-6-10-16(12-14)24-15-8-4-3-5-9-15/h2-10,12-13H,1,11H2,(H,20,23)/b17-13+. The lowest BCUT2D eigenvalue weighted by atomic mass is 10.2. The second kappa shape index (κ2) is 6.83. The van der Waals surface area contributed by atoms with Crippen molar-refractivity contribution >= 4 is 18.0 Å². The fourth-order valence-electron chi connectivity index (χ4n) is 2.33. The van der Waals surface area contributed by atoms with Gasteiger partial charge in [-0.3, -0.25) is 9.69 Å². The summed E-state index contributed by atoms with van der Waals surface area (Å²) in [4.78, 5) is 25.0. The smallest absolute Gasteiger partial charge is 0.329 e.